The number of rotatable bonds is 6. The lowest BCUT2D eigenvalue weighted by Crippen LogP contribution is -2.28. The maximum atomic E-state index is 11.2. The van der Waals surface area contributed by atoms with Crippen molar-refractivity contribution in [3.63, 3.8) is 0 Å². The zero-order chi connectivity index (χ0) is 12.7. The number of anilines is 2. The highest BCUT2D eigenvalue weighted by Gasteiger charge is 2.01. The SMILES string of the molecule is CCCC(=O)NCCNc1nc(C)ccc1N. The highest BCUT2D eigenvalue weighted by Crippen LogP contribution is 2.14. The average Bonchev–Trinajstić information content (AvgIpc) is 2.29. The molecule has 1 aromatic rings. The van der Waals surface area contributed by atoms with Crippen LogP contribution in [0.5, 0.6) is 0 Å². The maximum Gasteiger partial charge on any atom is 0.220 e. The summed E-state index contributed by atoms with van der Waals surface area (Å²) in [6.07, 6.45) is 1.44. The number of aryl methyl sites for hydroxylation is 1. The molecule has 0 aromatic carbocycles. The van der Waals surface area contributed by atoms with Crippen LogP contribution in [0.3, 0.4) is 0 Å². The molecule has 0 aliphatic rings. The number of nitrogen functional groups attached to an aromatic ring is 1. The highest BCUT2D eigenvalue weighted by atomic mass is 16.1. The molecule has 1 amide bonds. The monoisotopic (exact) mass is 236 g/mol. The van der Waals surface area contributed by atoms with Gasteiger partial charge in [-0.05, 0) is 25.5 Å². The Morgan fingerprint density at radius 2 is 2.18 bits per heavy atom. The largest absolute Gasteiger partial charge is 0.396 e. The van der Waals surface area contributed by atoms with E-state index >= 15 is 0 Å². The second-order valence-corrected chi connectivity index (χ2v) is 3.92. The van der Waals surface area contributed by atoms with Crippen molar-refractivity contribution in [2.45, 2.75) is 26.7 Å². The quantitative estimate of drug-likeness (QED) is 0.650. The second-order valence-electron chi connectivity index (χ2n) is 3.92. The van der Waals surface area contributed by atoms with Crippen molar-refractivity contribution in [1.29, 1.82) is 0 Å². The van der Waals surface area contributed by atoms with Crippen molar-refractivity contribution in [3.05, 3.63) is 17.8 Å². The molecule has 0 aliphatic heterocycles. The number of nitrogens with one attached hydrogen (secondary N) is 2. The van der Waals surface area contributed by atoms with Crippen LogP contribution in [-0.4, -0.2) is 24.0 Å². The number of nitrogens with two attached hydrogens (primary N) is 1. The molecule has 5 nitrogen and oxygen atoms in total. The summed E-state index contributed by atoms with van der Waals surface area (Å²) in [5, 5.41) is 5.92. The minimum atomic E-state index is 0.0828. The minimum Gasteiger partial charge on any atom is -0.396 e. The number of nitrogens with zero attached hydrogens (tertiary/aromatic N) is 1. The van der Waals surface area contributed by atoms with E-state index in [0.717, 1.165) is 12.1 Å². The summed E-state index contributed by atoms with van der Waals surface area (Å²) in [5.41, 5.74) is 7.30. The fourth-order valence-electron chi connectivity index (χ4n) is 1.41. The van der Waals surface area contributed by atoms with E-state index in [1.54, 1.807) is 0 Å². The van der Waals surface area contributed by atoms with Gasteiger partial charge in [0, 0.05) is 25.2 Å². The Labute approximate surface area is 102 Å². The van der Waals surface area contributed by atoms with E-state index in [1.807, 2.05) is 26.0 Å². The maximum absolute atomic E-state index is 11.2. The standard InChI is InChI=1S/C12H20N4O/c1-3-4-11(17)14-7-8-15-12-10(13)6-5-9(2)16-12/h5-6H,3-4,7-8,13H2,1-2H3,(H,14,17)(H,15,16). The molecule has 17 heavy (non-hydrogen) atoms. The number of amides is 1. The van der Waals surface area contributed by atoms with Crippen LogP contribution in [0.25, 0.3) is 0 Å². The summed E-state index contributed by atoms with van der Waals surface area (Å²) in [5.74, 6) is 0.759. The van der Waals surface area contributed by atoms with Crippen LogP contribution < -0.4 is 16.4 Å². The third-order valence-electron chi connectivity index (χ3n) is 2.28. The molecular formula is C12H20N4O. The first-order chi connectivity index (χ1) is 8.13. The van der Waals surface area contributed by atoms with Gasteiger partial charge in [0.15, 0.2) is 0 Å². The number of aromatic nitrogens is 1. The van der Waals surface area contributed by atoms with Crippen LogP contribution in [0, 0.1) is 6.92 Å². The zero-order valence-corrected chi connectivity index (χ0v) is 10.4. The van der Waals surface area contributed by atoms with Crippen molar-refractivity contribution in [1.82, 2.24) is 10.3 Å². The Morgan fingerprint density at radius 1 is 1.41 bits per heavy atom. The van der Waals surface area contributed by atoms with Crippen LogP contribution in [0.4, 0.5) is 11.5 Å². The molecule has 0 spiro atoms. The lowest BCUT2D eigenvalue weighted by molar-refractivity contribution is -0.121. The van der Waals surface area contributed by atoms with Gasteiger partial charge in [-0.1, -0.05) is 6.92 Å². The molecule has 1 heterocycles. The Balaban J connectivity index is 2.31. The summed E-state index contributed by atoms with van der Waals surface area (Å²) in [6.45, 7) is 5.09. The fraction of sp³-hybridized carbons (Fsp3) is 0.500. The summed E-state index contributed by atoms with van der Waals surface area (Å²) in [6, 6.07) is 3.68. The predicted molar refractivity (Wildman–Crippen MR) is 69.8 cm³/mol. The van der Waals surface area contributed by atoms with Crippen LogP contribution in [0.15, 0.2) is 12.1 Å². The lowest BCUT2D eigenvalue weighted by atomic mass is 10.3. The number of carbonyl (C=O) groups is 1. The summed E-state index contributed by atoms with van der Waals surface area (Å²) >= 11 is 0. The van der Waals surface area contributed by atoms with E-state index in [2.05, 4.69) is 15.6 Å². The van der Waals surface area contributed by atoms with E-state index in [0.29, 0.717) is 31.0 Å². The molecule has 5 heteroatoms. The van der Waals surface area contributed by atoms with E-state index in [9.17, 15) is 4.79 Å². The topological polar surface area (TPSA) is 80.0 Å². The summed E-state index contributed by atoms with van der Waals surface area (Å²) < 4.78 is 0. The molecule has 0 unspecified atom stereocenters. The molecule has 0 radical (unpaired) electrons. The predicted octanol–water partition coefficient (Wildman–Crippen LogP) is 1.30. The average molecular weight is 236 g/mol. The first kappa shape index (κ1) is 13.3. The van der Waals surface area contributed by atoms with Crippen molar-refractivity contribution in [2.75, 3.05) is 24.1 Å². The van der Waals surface area contributed by atoms with E-state index in [-0.39, 0.29) is 5.91 Å². The van der Waals surface area contributed by atoms with Gasteiger partial charge in [-0.25, -0.2) is 4.98 Å². The number of pyridine rings is 1. The van der Waals surface area contributed by atoms with Crippen molar-refractivity contribution >= 4 is 17.4 Å². The van der Waals surface area contributed by atoms with Crippen molar-refractivity contribution in [3.8, 4) is 0 Å². The lowest BCUT2D eigenvalue weighted by Gasteiger charge is -2.09. The highest BCUT2D eigenvalue weighted by molar-refractivity contribution is 5.75. The number of carbonyl (C=O) groups excluding carboxylic acids is 1. The summed E-state index contributed by atoms with van der Waals surface area (Å²) in [4.78, 5) is 15.5. The van der Waals surface area contributed by atoms with Crippen LogP contribution in [0.1, 0.15) is 25.5 Å². The number of hydrogen-bond acceptors (Lipinski definition) is 4. The Bertz CT molecular complexity index is 379. The zero-order valence-electron chi connectivity index (χ0n) is 10.4. The molecule has 1 rings (SSSR count). The van der Waals surface area contributed by atoms with Gasteiger partial charge < -0.3 is 16.4 Å². The van der Waals surface area contributed by atoms with Gasteiger partial charge in [0.05, 0.1) is 5.69 Å². The summed E-state index contributed by atoms with van der Waals surface area (Å²) in [7, 11) is 0. The van der Waals surface area contributed by atoms with Crippen molar-refractivity contribution < 1.29 is 4.79 Å². The third-order valence-corrected chi connectivity index (χ3v) is 2.28. The van der Waals surface area contributed by atoms with Gasteiger partial charge in [-0.3, -0.25) is 4.79 Å². The number of hydrogen-bond donors (Lipinski definition) is 3. The van der Waals surface area contributed by atoms with Gasteiger partial charge in [0.25, 0.3) is 0 Å². The molecule has 0 bridgehead atoms. The van der Waals surface area contributed by atoms with Gasteiger partial charge in [0.2, 0.25) is 5.91 Å². The fourth-order valence-corrected chi connectivity index (χ4v) is 1.41. The second kappa shape index (κ2) is 6.73. The molecule has 94 valence electrons. The normalized spacial score (nSPS) is 10.0. The Morgan fingerprint density at radius 3 is 2.88 bits per heavy atom. The molecule has 0 saturated carbocycles. The first-order valence-corrected chi connectivity index (χ1v) is 5.87. The Hall–Kier alpha value is -1.78. The first-order valence-electron chi connectivity index (χ1n) is 5.87. The van der Waals surface area contributed by atoms with Crippen molar-refractivity contribution in [2.24, 2.45) is 0 Å². The molecule has 0 fully saturated rings. The van der Waals surface area contributed by atoms with Gasteiger partial charge >= 0.3 is 0 Å². The molecule has 0 aliphatic carbocycles. The van der Waals surface area contributed by atoms with Gasteiger partial charge in [-0.15, -0.1) is 0 Å². The van der Waals surface area contributed by atoms with Crippen LogP contribution in [0.2, 0.25) is 0 Å². The minimum absolute atomic E-state index is 0.0828. The molecule has 0 atom stereocenters. The molecular weight excluding hydrogens is 216 g/mol. The molecule has 0 saturated heterocycles. The van der Waals surface area contributed by atoms with Crippen LogP contribution in [-0.2, 0) is 4.79 Å². The van der Waals surface area contributed by atoms with E-state index in [1.165, 1.54) is 0 Å². The van der Waals surface area contributed by atoms with E-state index < -0.39 is 0 Å². The molecule has 4 N–H and O–H groups in total. The third kappa shape index (κ3) is 4.72. The smallest absolute Gasteiger partial charge is 0.220 e. The van der Waals surface area contributed by atoms with Gasteiger partial charge in [0.1, 0.15) is 5.82 Å². The van der Waals surface area contributed by atoms with Gasteiger partial charge in [-0.2, -0.15) is 0 Å². The van der Waals surface area contributed by atoms with E-state index in [4.69, 9.17) is 5.73 Å². The van der Waals surface area contributed by atoms with Crippen LogP contribution >= 0.6 is 0 Å². The Kier molecular flexibility index (Phi) is 5.26. The molecule has 1 aromatic heterocycles.